The Morgan fingerprint density at radius 2 is 2.36 bits per heavy atom. The second kappa shape index (κ2) is 3.83. The third-order valence-electron chi connectivity index (χ3n) is 1.85. The van der Waals surface area contributed by atoms with Gasteiger partial charge < -0.3 is 9.84 Å². The van der Waals surface area contributed by atoms with E-state index in [-0.39, 0.29) is 18.3 Å². The fraction of sp³-hybridized carbons (Fsp3) is 0.875. The Balaban J connectivity index is 2.16. The fourth-order valence-corrected chi connectivity index (χ4v) is 0.963. The first-order chi connectivity index (χ1) is 5.25. The van der Waals surface area contributed by atoms with Crippen molar-refractivity contribution in [2.24, 2.45) is 5.92 Å². The van der Waals surface area contributed by atoms with Gasteiger partial charge in [0.15, 0.2) is 5.78 Å². The number of ether oxygens (including phenoxy) is 1. The molecule has 64 valence electrons. The van der Waals surface area contributed by atoms with E-state index in [4.69, 9.17) is 4.74 Å². The maximum Gasteiger partial charge on any atom is 0.187 e. The smallest absolute Gasteiger partial charge is 0.187 e. The number of rotatable bonds is 5. The van der Waals surface area contributed by atoms with Crippen LogP contribution in [-0.4, -0.2) is 30.2 Å². The Morgan fingerprint density at radius 1 is 1.73 bits per heavy atom. The minimum atomic E-state index is -0.762. The van der Waals surface area contributed by atoms with Crippen molar-refractivity contribution in [3.8, 4) is 0 Å². The summed E-state index contributed by atoms with van der Waals surface area (Å²) in [5.41, 5.74) is 0. The Labute approximate surface area is 66.4 Å². The van der Waals surface area contributed by atoms with Crippen LogP contribution in [0, 0.1) is 5.92 Å². The zero-order valence-corrected chi connectivity index (χ0v) is 6.75. The molecule has 3 nitrogen and oxygen atoms in total. The standard InChI is InChI=1S/C8H14O3/c1-2-11-5-7(9)8(10)6-3-4-6/h6,8,10H,2-5H2,1H3. The second-order valence-corrected chi connectivity index (χ2v) is 2.89. The monoisotopic (exact) mass is 158 g/mol. The number of carbonyl (C=O) groups excluding carboxylic acids is 1. The van der Waals surface area contributed by atoms with E-state index in [2.05, 4.69) is 0 Å². The molecule has 1 aliphatic rings. The number of Topliss-reactive ketones (excluding diaryl/α,β-unsaturated/α-hetero) is 1. The summed E-state index contributed by atoms with van der Waals surface area (Å²) in [5.74, 6) is 0.0531. The molecule has 1 N–H and O–H groups in total. The van der Waals surface area contributed by atoms with Crippen molar-refractivity contribution < 1.29 is 14.6 Å². The number of aliphatic hydroxyl groups is 1. The number of ketones is 1. The van der Waals surface area contributed by atoms with Crippen molar-refractivity contribution in [3.63, 3.8) is 0 Å². The predicted octanol–water partition coefficient (Wildman–Crippen LogP) is 0.363. The highest BCUT2D eigenvalue weighted by molar-refractivity contribution is 5.84. The van der Waals surface area contributed by atoms with Gasteiger partial charge in [0.05, 0.1) is 0 Å². The van der Waals surface area contributed by atoms with E-state index in [1.54, 1.807) is 0 Å². The molecule has 1 rings (SSSR count). The van der Waals surface area contributed by atoms with Crippen LogP contribution in [0.15, 0.2) is 0 Å². The van der Waals surface area contributed by atoms with Gasteiger partial charge in [0.2, 0.25) is 0 Å². The molecular weight excluding hydrogens is 144 g/mol. The molecule has 0 aliphatic heterocycles. The lowest BCUT2D eigenvalue weighted by Crippen LogP contribution is -2.26. The minimum absolute atomic E-state index is 0.0637. The summed E-state index contributed by atoms with van der Waals surface area (Å²) in [5, 5.41) is 9.25. The summed E-state index contributed by atoms with van der Waals surface area (Å²) in [4.78, 5) is 11.0. The Kier molecular flexibility index (Phi) is 3.02. The fourth-order valence-electron chi connectivity index (χ4n) is 0.963. The lowest BCUT2D eigenvalue weighted by molar-refractivity contribution is -0.132. The predicted molar refractivity (Wildman–Crippen MR) is 40.2 cm³/mol. The van der Waals surface area contributed by atoms with E-state index in [1.165, 1.54) is 0 Å². The first kappa shape index (κ1) is 8.68. The van der Waals surface area contributed by atoms with Crippen LogP contribution in [0.5, 0.6) is 0 Å². The van der Waals surface area contributed by atoms with Gasteiger partial charge in [-0.1, -0.05) is 0 Å². The van der Waals surface area contributed by atoms with Gasteiger partial charge in [0, 0.05) is 6.61 Å². The zero-order chi connectivity index (χ0) is 8.27. The van der Waals surface area contributed by atoms with Crippen LogP contribution in [0.25, 0.3) is 0 Å². The molecule has 1 atom stereocenters. The topological polar surface area (TPSA) is 46.5 Å². The minimum Gasteiger partial charge on any atom is -0.385 e. The molecule has 1 fully saturated rings. The average Bonchev–Trinajstić information content (AvgIpc) is 2.81. The van der Waals surface area contributed by atoms with Gasteiger partial charge in [-0.2, -0.15) is 0 Å². The molecule has 1 aliphatic carbocycles. The Hall–Kier alpha value is -0.410. The van der Waals surface area contributed by atoms with E-state index in [1.807, 2.05) is 6.92 Å². The van der Waals surface area contributed by atoms with Crippen LogP contribution < -0.4 is 0 Å². The van der Waals surface area contributed by atoms with Gasteiger partial charge in [-0.05, 0) is 25.7 Å². The number of carbonyl (C=O) groups is 1. The van der Waals surface area contributed by atoms with Gasteiger partial charge in [0.1, 0.15) is 12.7 Å². The lowest BCUT2D eigenvalue weighted by atomic mass is 10.1. The van der Waals surface area contributed by atoms with Gasteiger partial charge in [-0.3, -0.25) is 4.79 Å². The van der Waals surface area contributed by atoms with Crippen molar-refractivity contribution >= 4 is 5.78 Å². The van der Waals surface area contributed by atoms with Crippen molar-refractivity contribution in [3.05, 3.63) is 0 Å². The van der Waals surface area contributed by atoms with E-state index < -0.39 is 6.10 Å². The van der Waals surface area contributed by atoms with Crippen molar-refractivity contribution in [2.45, 2.75) is 25.9 Å². The SMILES string of the molecule is CCOCC(=O)C(O)C1CC1. The quantitative estimate of drug-likeness (QED) is 0.628. The van der Waals surface area contributed by atoms with Gasteiger partial charge >= 0.3 is 0 Å². The molecule has 3 heteroatoms. The summed E-state index contributed by atoms with van der Waals surface area (Å²) in [6.45, 7) is 2.42. The normalized spacial score (nSPS) is 19.8. The van der Waals surface area contributed by atoms with Crippen LogP contribution in [-0.2, 0) is 9.53 Å². The summed E-state index contributed by atoms with van der Waals surface area (Å²) in [6.07, 6.45) is 1.21. The lowest BCUT2D eigenvalue weighted by Gasteiger charge is -2.06. The largest absolute Gasteiger partial charge is 0.385 e. The molecule has 11 heavy (non-hydrogen) atoms. The first-order valence-electron chi connectivity index (χ1n) is 4.04. The molecule has 0 amide bonds. The zero-order valence-electron chi connectivity index (χ0n) is 6.75. The number of hydrogen-bond acceptors (Lipinski definition) is 3. The van der Waals surface area contributed by atoms with Crippen molar-refractivity contribution in [1.82, 2.24) is 0 Å². The molecular formula is C8H14O3. The highest BCUT2D eigenvalue weighted by Gasteiger charge is 2.34. The number of aliphatic hydroxyl groups excluding tert-OH is 1. The highest BCUT2D eigenvalue weighted by atomic mass is 16.5. The number of hydrogen-bond donors (Lipinski definition) is 1. The second-order valence-electron chi connectivity index (χ2n) is 2.89. The Bertz CT molecular complexity index is 140. The van der Waals surface area contributed by atoms with Crippen LogP contribution >= 0.6 is 0 Å². The van der Waals surface area contributed by atoms with Crippen molar-refractivity contribution in [1.29, 1.82) is 0 Å². The average molecular weight is 158 g/mol. The van der Waals surface area contributed by atoms with Gasteiger partial charge in [0.25, 0.3) is 0 Å². The van der Waals surface area contributed by atoms with E-state index in [0.29, 0.717) is 6.61 Å². The molecule has 0 saturated heterocycles. The molecule has 0 aromatic rings. The summed E-state index contributed by atoms with van der Waals surface area (Å²) < 4.78 is 4.88. The van der Waals surface area contributed by atoms with Crippen LogP contribution in [0.3, 0.4) is 0 Å². The maximum absolute atomic E-state index is 11.0. The van der Waals surface area contributed by atoms with E-state index in [9.17, 15) is 9.90 Å². The highest BCUT2D eigenvalue weighted by Crippen LogP contribution is 2.32. The van der Waals surface area contributed by atoms with E-state index in [0.717, 1.165) is 12.8 Å². The molecule has 0 aromatic heterocycles. The van der Waals surface area contributed by atoms with Gasteiger partial charge in [-0.15, -0.1) is 0 Å². The molecule has 1 saturated carbocycles. The molecule has 0 heterocycles. The van der Waals surface area contributed by atoms with Crippen molar-refractivity contribution in [2.75, 3.05) is 13.2 Å². The molecule has 0 spiro atoms. The third kappa shape index (κ3) is 2.60. The summed E-state index contributed by atoms with van der Waals surface area (Å²) >= 11 is 0. The Morgan fingerprint density at radius 3 is 2.82 bits per heavy atom. The van der Waals surface area contributed by atoms with Crippen LogP contribution in [0.1, 0.15) is 19.8 Å². The molecule has 0 aromatic carbocycles. The maximum atomic E-state index is 11.0. The van der Waals surface area contributed by atoms with Crippen LogP contribution in [0.2, 0.25) is 0 Å². The molecule has 0 bridgehead atoms. The van der Waals surface area contributed by atoms with E-state index >= 15 is 0 Å². The van der Waals surface area contributed by atoms with Crippen LogP contribution in [0.4, 0.5) is 0 Å². The first-order valence-corrected chi connectivity index (χ1v) is 4.04. The molecule has 1 unspecified atom stereocenters. The summed E-state index contributed by atoms with van der Waals surface area (Å²) in [7, 11) is 0. The molecule has 0 radical (unpaired) electrons. The third-order valence-corrected chi connectivity index (χ3v) is 1.85. The van der Waals surface area contributed by atoms with Gasteiger partial charge in [-0.25, -0.2) is 0 Å². The summed E-state index contributed by atoms with van der Waals surface area (Å²) in [6, 6.07) is 0.